The summed E-state index contributed by atoms with van der Waals surface area (Å²) >= 11 is 0. The fourth-order valence-corrected chi connectivity index (χ4v) is 12.6. The van der Waals surface area contributed by atoms with E-state index in [1.165, 1.54) is 51.9 Å². The number of aromatic nitrogens is 4. The zero-order chi connectivity index (χ0) is 83.9. The minimum atomic E-state index is -5.08. The summed E-state index contributed by atoms with van der Waals surface area (Å²) in [6.45, 7) is 10.9. The quantitative estimate of drug-likeness (QED) is 0.0477. The minimum Gasteiger partial charge on any atom is -0.475 e. The number of ether oxygens (including phenoxy) is 1. The molecule has 1 unspecified atom stereocenters. The van der Waals surface area contributed by atoms with Gasteiger partial charge in [-0.25, -0.2) is 43.4 Å². The molecule has 7 aliphatic heterocycles. The van der Waals surface area contributed by atoms with Crippen LogP contribution in [-0.4, -0.2) is 267 Å². The monoisotopic (exact) mass is 1630 g/mol. The van der Waals surface area contributed by atoms with E-state index in [1.807, 2.05) is 66.7 Å². The zero-order valence-corrected chi connectivity index (χ0v) is 57.6. The molecule has 0 aliphatic carbocycles. The number of nitrogen functional groups attached to an aromatic ring is 1. The van der Waals surface area contributed by atoms with Gasteiger partial charge in [0.25, 0.3) is 11.8 Å². The maximum Gasteiger partial charge on any atom is 0.490 e. The van der Waals surface area contributed by atoms with Gasteiger partial charge in [-0.2, -0.15) is 84.1 Å². The molecule has 2 aromatic heterocycles. The number of likely N-dealkylation sites (tertiary alicyclic amines) is 4. The van der Waals surface area contributed by atoms with Crippen LogP contribution in [0.15, 0.2) is 79.1 Å². The molecule has 47 heteroatoms. The summed E-state index contributed by atoms with van der Waals surface area (Å²) in [7, 11) is 0. The van der Waals surface area contributed by atoms with Crippen molar-refractivity contribution in [2.75, 3.05) is 76.1 Å². The van der Waals surface area contributed by atoms with Crippen LogP contribution in [0.4, 0.5) is 90.5 Å². The lowest BCUT2D eigenvalue weighted by atomic mass is 9.92. The van der Waals surface area contributed by atoms with E-state index < -0.39 is 96.6 Å². The number of carbonyl (C=O) groups excluding carboxylic acids is 4. The maximum atomic E-state index is 13.4. The summed E-state index contributed by atoms with van der Waals surface area (Å²) in [5, 5.41) is 51.0. The fraction of sp³-hybridized carbons (Fsp3) is 0.492. The molecule has 0 saturated carbocycles. The third-order valence-corrected chi connectivity index (χ3v) is 18.1. The SMILES string of the molecule is Nc1ncnc2c1c(-c1ccc(Oc3ccccc3)cc1)nn2C1CCN(C2CN(C3CCN(C4CCN(C5CCN(c6ccc7c(c6)C(=O)N(C6CCC(=O)NC6=O)C7=O)CC5)CC4)CC3)C2)CC1.O=C(O)C(F)(F)F.O=C(O)C(F)(F)F.O=C(O)C(F)(F)F.O=C(O)C(F)(F)F.O=C(O)C(F)(F)F.O=C(O)C(F)(F)F. The number of aliphatic carboxylic acids is 6. The number of nitrogens with zero attached hydrogens (tertiary/aromatic N) is 10. The number of rotatable bonds is 10. The minimum absolute atomic E-state index is 0.109. The number of imide groups is 2. The van der Waals surface area contributed by atoms with Gasteiger partial charge in [0, 0.05) is 81.1 Å². The summed E-state index contributed by atoms with van der Waals surface area (Å²) in [5.41, 5.74) is 10.7. The van der Waals surface area contributed by atoms with Gasteiger partial charge in [-0.05, 0) is 139 Å². The molecule has 0 spiro atoms. The Bertz CT molecular complexity index is 3940. The van der Waals surface area contributed by atoms with Crippen LogP contribution in [0.1, 0.15) is 91.0 Å². The summed E-state index contributed by atoms with van der Waals surface area (Å²) < 4.78 is 199. The first-order valence-electron chi connectivity index (χ1n) is 33.1. The number of piperidine rings is 5. The molecule has 9 heterocycles. The number of anilines is 2. The number of fused-ring (bicyclic) bond motifs is 2. The van der Waals surface area contributed by atoms with Gasteiger partial charge >= 0.3 is 72.9 Å². The van der Waals surface area contributed by atoms with Crippen LogP contribution in [0, 0.1) is 0 Å². The van der Waals surface area contributed by atoms with Crippen molar-refractivity contribution in [3.63, 3.8) is 0 Å². The predicted octanol–water partition coefficient (Wildman–Crippen LogP) is 8.99. The molecule has 6 saturated heterocycles. The van der Waals surface area contributed by atoms with Crippen molar-refractivity contribution in [1.82, 2.24) is 49.6 Å². The fourth-order valence-electron chi connectivity index (χ4n) is 12.6. The van der Waals surface area contributed by atoms with Crippen LogP contribution in [0.25, 0.3) is 22.3 Å². The molecule has 12 rings (SSSR count). The molecule has 1 atom stereocenters. The van der Waals surface area contributed by atoms with E-state index in [0.717, 1.165) is 109 Å². The first kappa shape index (κ1) is 90.2. The molecule has 0 radical (unpaired) electrons. The van der Waals surface area contributed by atoms with E-state index in [4.69, 9.17) is 80.0 Å². The lowest BCUT2D eigenvalue weighted by molar-refractivity contribution is -0.193. The van der Waals surface area contributed by atoms with E-state index in [0.29, 0.717) is 41.1 Å². The number of benzene rings is 3. The van der Waals surface area contributed by atoms with Gasteiger partial charge in [0.05, 0.1) is 22.6 Å². The van der Waals surface area contributed by atoms with Crippen molar-refractivity contribution >= 4 is 82.0 Å². The van der Waals surface area contributed by atoms with E-state index in [2.05, 4.69) is 39.5 Å². The van der Waals surface area contributed by atoms with E-state index in [-0.39, 0.29) is 24.8 Å². The molecular weight excluding hydrogens is 1560 g/mol. The maximum absolute atomic E-state index is 13.4. The number of hydrogen-bond acceptors (Lipinski definition) is 20. The Balaban J connectivity index is 0.000000380. The van der Waals surface area contributed by atoms with Crippen LogP contribution in [0.3, 0.4) is 0 Å². The molecular formula is C65H68F18N12O17. The number of alkyl halides is 18. The highest BCUT2D eigenvalue weighted by molar-refractivity contribution is 6.23. The Morgan fingerprint density at radius 3 is 1.23 bits per heavy atom. The average Bonchev–Trinajstić information content (AvgIpc) is 1.55. The van der Waals surface area contributed by atoms with E-state index >= 15 is 0 Å². The highest BCUT2D eigenvalue weighted by Crippen LogP contribution is 2.39. The Morgan fingerprint density at radius 1 is 0.446 bits per heavy atom. The van der Waals surface area contributed by atoms with Crippen molar-refractivity contribution in [3.8, 4) is 22.8 Å². The normalized spacial score (nSPS) is 19.0. The summed E-state index contributed by atoms with van der Waals surface area (Å²) in [6, 6.07) is 25.1. The predicted molar refractivity (Wildman–Crippen MR) is 347 cm³/mol. The van der Waals surface area contributed by atoms with Gasteiger partial charge in [-0.3, -0.25) is 39.2 Å². The molecule has 7 aliphatic rings. The van der Waals surface area contributed by atoms with Crippen molar-refractivity contribution in [2.24, 2.45) is 0 Å². The van der Waals surface area contributed by atoms with Crippen LogP contribution in [0.2, 0.25) is 0 Å². The molecule has 0 bridgehead atoms. The molecule has 29 nitrogen and oxygen atoms in total. The Morgan fingerprint density at radius 2 is 0.821 bits per heavy atom. The molecule has 4 amide bonds. The number of amides is 4. The number of carboxylic acid groups (broad SMARTS) is 6. The Labute approximate surface area is 619 Å². The highest BCUT2D eigenvalue weighted by atomic mass is 19.4. The first-order valence-corrected chi connectivity index (χ1v) is 33.1. The first-order chi connectivity index (χ1) is 51.9. The third-order valence-electron chi connectivity index (χ3n) is 18.1. The summed E-state index contributed by atoms with van der Waals surface area (Å²) in [5.74, 6) is -16.4. The van der Waals surface area contributed by atoms with Crippen LogP contribution >= 0.6 is 0 Å². The lowest BCUT2D eigenvalue weighted by Crippen LogP contribution is -2.64. The molecule has 5 aromatic rings. The van der Waals surface area contributed by atoms with Gasteiger partial charge in [-0.1, -0.05) is 18.2 Å². The molecule has 112 heavy (non-hydrogen) atoms. The number of hydrogen-bond donors (Lipinski definition) is 8. The second kappa shape index (κ2) is 37.5. The Hall–Kier alpha value is -10.7. The molecule has 9 N–H and O–H groups in total. The Kier molecular flexibility index (Phi) is 30.2. The molecule has 6 fully saturated rings. The number of halogens is 18. The van der Waals surface area contributed by atoms with E-state index in [9.17, 15) is 98.2 Å². The van der Waals surface area contributed by atoms with E-state index in [1.54, 1.807) is 12.4 Å². The van der Waals surface area contributed by atoms with Gasteiger partial charge in [0.1, 0.15) is 35.4 Å². The van der Waals surface area contributed by atoms with Crippen LogP contribution in [0.5, 0.6) is 11.5 Å². The number of para-hydroxylation sites is 1. The van der Waals surface area contributed by atoms with Crippen molar-refractivity contribution in [1.29, 1.82) is 0 Å². The highest BCUT2D eigenvalue weighted by Gasteiger charge is 2.47. The van der Waals surface area contributed by atoms with Gasteiger partial charge in [0.2, 0.25) is 11.8 Å². The van der Waals surface area contributed by atoms with Crippen molar-refractivity contribution < 1.29 is 162 Å². The lowest BCUT2D eigenvalue weighted by Gasteiger charge is -2.52. The molecule has 616 valence electrons. The topological polar surface area (TPSA) is 402 Å². The largest absolute Gasteiger partial charge is 0.490 e. The molecule has 3 aromatic carbocycles. The standard InChI is InChI=1S/C53H62N12O5.6C2HF3O2/c54-49-47-48(34-6-9-42(10-7-34)70-41-4-2-1-3-5-41)58-65(50(47)56-33-55-49)38-20-28-62(29-21-38)40-31-63(32-40)37-18-24-60(25-19-37)35-14-22-59(23-15-35)36-16-26-61(27-17-36)39-8-11-43-44(30-39)53(69)64(52(43)68)45-12-13-46(66)57-51(45)67;6*3-2(4,5)1(6)7/h1-11,30,33,35-38,40,45H,12-29,31-32H2,(H2,54,55,56)(H,57,66,67);6*(H,6,7). The summed E-state index contributed by atoms with van der Waals surface area (Å²) in [4.78, 5) is 128. The smallest absolute Gasteiger partial charge is 0.475 e. The number of nitrogens with two attached hydrogens (primary N) is 1. The van der Waals surface area contributed by atoms with Crippen molar-refractivity contribution in [3.05, 3.63) is 90.3 Å². The number of carbonyl (C=O) groups is 10. The number of nitrogens with one attached hydrogen (secondary N) is 1. The van der Waals surface area contributed by atoms with Crippen molar-refractivity contribution in [2.45, 2.75) is 138 Å². The zero-order valence-electron chi connectivity index (χ0n) is 57.6. The average molecular weight is 1630 g/mol. The van der Waals surface area contributed by atoms with Gasteiger partial charge in [-0.15, -0.1) is 0 Å². The van der Waals surface area contributed by atoms with Gasteiger partial charge in [0.15, 0.2) is 5.65 Å². The second-order valence-electron chi connectivity index (χ2n) is 25.3. The van der Waals surface area contributed by atoms with Crippen LogP contribution in [-0.2, 0) is 38.4 Å². The third kappa shape index (κ3) is 25.2. The van der Waals surface area contributed by atoms with Gasteiger partial charge < -0.3 is 55.8 Å². The number of carboxylic acids is 6. The van der Waals surface area contributed by atoms with Crippen LogP contribution < -0.4 is 20.7 Å². The summed E-state index contributed by atoms with van der Waals surface area (Å²) in [6.07, 6.45) is -19.5. The second-order valence-corrected chi connectivity index (χ2v) is 25.3.